The zero-order chi connectivity index (χ0) is 17.1. The van der Waals surface area contributed by atoms with Crippen molar-refractivity contribution in [3.8, 4) is 0 Å². The minimum atomic E-state index is -0.301. The predicted molar refractivity (Wildman–Crippen MR) is 91.9 cm³/mol. The molecule has 0 unspecified atom stereocenters. The SMILES string of the molecule is CCn1cc(NC(=O)C[C@@H]2c3ccccc3C=CN2C(C)=O)cn1. The van der Waals surface area contributed by atoms with E-state index in [9.17, 15) is 9.59 Å². The lowest BCUT2D eigenvalue weighted by molar-refractivity contribution is -0.129. The van der Waals surface area contributed by atoms with E-state index < -0.39 is 0 Å². The van der Waals surface area contributed by atoms with E-state index in [1.165, 1.54) is 6.92 Å². The number of carbonyl (C=O) groups excluding carboxylic acids is 2. The van der Waals surface area contributed by atoms with Crippen molar-refractivity contribution in [1.82, 2.24) is 14.7 Å². The molecule has 1 aliphatic rings. The summed E-state index contributed by atoms with van der Waals surface area (Å²) in [5, 5.41) is 6.99. The van der Waals surface area contributed by atoms with Crippen LogP contribution in [0, 0.1) is 0 Å². The number of nitrogens with one attached hydrogen (secondary N) is 1. The molecule has 6 nitrogen and oxygen atoms in total. The first-order valence-electron chi connectivity index (χ1n) is 7.97. The summed E-state index contributed by atoms with van der Waals surface area (Å²) in [5.41, 5.74) is 2.68. The monoisotopic (exact) mass is 324 g/mol. The van der Waals surface area contributed by atoms with Crippen LogP contribution < -0.4 is 5.32 Å². The summed E-state index contributed by atoms with van der Waals surface area (Å²) in [6, 6.07) is 7.52. The van der Waals surface area contributed by atoms with Gasteiger partial charge in [0, 0.05) is 25.9 Å². The van der Waals surface area contributed by atoms with Gasteiger partial charge in [0.05, 0.1) is 24.3 Å². The summed E-state index contributed by atoms with van der Waals surface area (Å²) >= 11 is 0. The van der Waals surface area contributed by atoms with Crippen LogP contribution in [0.1, 0.15) is 37.4 Å². The van der Waals surface area contributed by atoms with E-state index in [-0.39, 0.29) is 24.3 Å². The zero-order valence-electron chi connectivity index (χ0n) is 13.8. The second-order valence-corrected chi connectivity index (χ2v) is 5.72. The van der Waals surface area contributed by atoms with E-state index in [1.807, 2.05) is 37.3 Å². The van der Waals surface area contributed by atoms with Crippen LogP contribution >= 0.6 is 0 Å². The molecule has 124 valence electrons. The fourth-order valence-corrected chi connectivity index (χ4v) is 2.90. The topological polar surface area (TPSA) is 67.2 Å². The molecule has 2 aromatic rings. The molecule has 0 fully saturated rings. The van der Waals surface area contributed by atoms with Gasteiger partial charge in [-0.05, 0) is 24.1 Å². The number of benzene rings is 1. The molecule has 0 saturated carbocycles. The maximum atomic E-state index is 12.4. The van der Waals surface area contributed by atoms with Crippen molar-refractivity contribution in [3.05, 3.63) is 54.0 Å². The average Bonchev–Trinajstić information content (AvgIpc) is 3.02. The van der Waals surface area contributed by atoms with Gasteiger partial charge in [-0.25, -0.2) is 0 Å². The first-order valence-corrected chi connectivity index (χ1v) is 7.97. The first kappa shape index (κ1) is 16.0. The van der Waals surface area contributed by atoms with Gasteiger partial charge in [0.2, 0.25) is 11.8 Å². The molecule has 24 heavy (non-hydrogen) atoms. The van der Waals surface area contributed by atoms with Crippen LogP contribution in [0.15, 0.2) is 42.9 Å². The Morgan fingerprint density at radius 1 is 1.29 bits per heavy atom. The Hall–Kier alpha value is -2.89. The number of aryl methyl sites for hydroxylation is 1. The maximum Gasteiger partial charge on any atom is 0.226 e. The molecule has 1 aromatic heterocycles. The fraction of sp³-hybridized carbons (Fsp3) is 0.278. The van der Waals surface area contributed by atoms with Crippen LogP contribution in [-0.4, -0.2) is 26.5 Å². The highest BCUT2D eigenvalue weighted by Crippen LogP contribution is 2.33. The van der Waals surface area contributed by atoms with E-state index in [4.69, 9.17) is 0 Å². The van der Waals surface area contributed by atoms with Crippen LogP contribution in [0.2, 0.25) is 0 Å². The fourth-order valence-electron chi connectivity index (χ4n) is 2.90. The van der Waals surface area contributed by atoms with Crippen LogP contribution in [0.5, 0.6) is 0 Å². The lowest BCUT2D eigenvalue weighted by Gasteiger charge is -2.32. The lowest BCUT2D eigenvalue weighted by Crippen LogP contribution is -2.33. The summed E-state index contributed by atoms with van der Waals surface area (Å²) in [6.45, 7) is 4.23. The van der Waals surface area contributed by atoms with Gasteiger partial charge in [-0.2, -0.15) is 5.10 Å². The van der Waals surface area contributed by atoms with Crippen LogP contribution in [-0.2, 0) is 16.1 Å². The van der Waals surface area contributed by atoms with Crippen molar-refractivity contribution in [3.63, 3.8) is 0 Å². The third kappa shape index (κ3) is 3.22. The molecule has 2 heterocycles. The number of nitrogens with zero attached hydrogens (tertiary/aromatic N) is 3. The Morgan fingerprint density at radius 2 is 2.08 bits per heavy atom. The van der Waals surface area contributed by atoms with Gasteiger partial charge in [-0.1, -0.05) is 24.3 Å². The van der Waals surface area contributed by atoms with Crippen molar-refractivity contribution in [1.29, 1.82) is 0 Å². The van der Waals surface area contributed by atoms with Crippen molar-refractivity contribution >= 4 is 23.6 Å². The molecule has 0 bridgehead atoms. The van der Waals surface area contributed by atoms with Crippen LogP contribution in [0.3, 0.4) is 0 Å². The average molecular weight is 324 g/mol. The number of hydrogen-bond acceptors (Lipinski definition) is 3. The standard InChI is InChI=1S/C18H20N4O2/c1-3-21-12-15(11-19-21)20-18(24)10-17-16-7-5-4-6-14(16)8-9-22(17)13(2)23/h4-9,11-12,17H,3,10H2,1-2H3,(H,20,24)/t17-/m1/s1. The second kappa shape index (κ2) is 6.70. The van der Waals surface area contributed by atoms with Gasteiger partial charge in [0.15, 0.2) is 0 Å². The third-order valence-corrected chi connectivity index (χ3v) is 4.09. The number of anilines is 1. The quantitative estimate of drug-likeness (QED) is 0.940. The Morgan fingerprint density at radius 3 is 2.79 bits per heavy atom. The number of aromatic nitrogens is 2. The largest absolute Gasteiger partial charge is 0.323 e. The molecule has 0 spiro atoms. The zero-order valence-corrected chi connectivity index (χ0v) is 13.8. The van der Waals surface area contributed by atoms with E-state index in [0.717, 1.165) is 17.7 Å². The summed E-state index contributed by atoms with van der Waals surface area (Å²) in [5.74, 6) is -0.232. The predicted octanol–water partition coefficient (Wildman–Crippen LogP) is 2.81. The van der Waals surface area contributed by atoms with Crippen molar-refractivity contribution < 1.29 is 9.59 Å². The molecular formula is C18H20N4O2. The molecule has 0 radical (unpaired) electrons. The highest BCUT2D eigenvalue weighted by molar-refractivity contribution is 5.91. The Kier molecular flexibility index (Phi) is 4.46. The number of rotatable bonds is 4. The molecular weight excluding hydrogens is 304 g/mol. The maximum absolute atomic E-state index is 12.4. The first-order chi connectivity index (χ1) is 11.6. The minimum absolute atomic E-state index is 0.0858. The molecule has 1 aromatic carbocycles. The molecule has 1 aliphatic heterocycles. The summed E-state index contributed by atoms with van der Waals surface area (Å²) in [7, 11) is 0. The van der Waals surface area contributed by atoms with Gasteiger partial charge in [-0.15, -0.1) is 0 Å². The summed E-state index contributed by atoms with van der Waals surface area (Å²) in [4.78, 5) is 26.0. The van der Waals surface area contributed by atoms with Crippen LogP contribution in [0.25, 0.3) is 6.08 Å². The summed E-state index contributed by atoms with van der Waals surface area (Å²) < 4.78 is 1.75. The molecule has 0 aliphatic carbocycles. The van der Waals surface area contributed by atoms with Crippen molar-refractivity contribution in [2.45, 2.75) is 32.9 Å². The van der Waals surface area contributed by atoms with Crippen molar-refractivity contribution in [2.24, 2.45) is 0 Å². The highest BCUT2D eigenvalue weighted by atomic mass is 16.2. The molecule has 6 heteroatoms. The van der Waals surface area contributed by atoms with E-state index >= 15 is 0 Å². The molecule has 3 rings (SSSR count). The normalized spacial score (nSPS) is 15.9. The lowest BCUT2D eigenvalue weighted by atomic mass is 9.93. The Balaban J connectivity index is 1.79. The van der Waals surface area contributed by atoms with Crippen LogP contribution in [0.4, 0.5) is 5.69 Å². The minimum Gasteiger partial charge on any atom is -0.323 e. The van der Waals surface area contributed by atoms with Gasteiger partial charge in [-0.3, -0.25) is 14.3 Å². The van der Waals surface area contributed by atoms with Gasteiger partial charge < -0.3 is 10.2 Å². The highest BCUT2D eigenvalue weighted by Gasteiger charge is 2.28. The third-order valence-electron chi connectivity index (χ3n) is 4.09. The van der Waals surface area contributed by atoms with E-state index in [2.05, 4.69) is 10.4 Å². The number of hydrogen-bond donors (Lipinski definition) is 1. The molecule has 1 atom stereocenters. The number of carbonyl (C=O) groups is 2. The summed E-state index contributed by atoms with van der Waals surface area (Å²) in [6.07, 6.45) is 7.25. The van der Waals surface area contributed by atoms with Gasteiger partial charge in [0.1, 0.15) is 0 Å². The molecule has 1 N–H and O–H groups in total. The van der Waals surface area contributed by atoms with Crippen molar-refractivity contribution in [2.75, 3.05) is 5.32 Å². The number of fused-ring (bicyclic) bond motifs is 1. The van der Waals surface area contributed by atoms with Gasteiger partial charge in [0.25, 0.3) is 0 Å². The van der Waals surface area contributed by atoms with E-state index in [1.54, 1.807) is 28.2 Å². The van der Waals surface area contributed by atoms with Gasteiger partial charge >= 0.3 is 0 Å². The molecule has 0 saturated heterocycles. The number of amides is 2. The Labute approximate surface area is 140 Å². The second-order valence-electron chi connectivity index (χ2n) is 5.72. The smallest absolute Gasteiger partial charge is 0.226 e. The van der Waals surface area contributed by atoms with E-state index in [0.29, 0.717) is 5.69 Å². The molecule has 2 amide bonds. The Bertz CT molecular complexity index is 794.